The quantitative estimate of drug-likeness (QED) is 0.865. The molecule has 1 spiro atoms. The standard InChI is InChI=1S/C22H31N3O3/c26-20(18-5-10-23-11-6-18)24-16-17-7-14-28-22(15-17)8-12-25(13-9-22)21(27)19-3-1-2-4-19/h5-6,10-11,17,19H,1-4,7-9,12-16H2,(H,24,26). The molecular formula is C22H31N3O3. The van der Waals surface area contributed by atoms with Gasteiger partial charge >= 0.3 is 0 Å². The van der Waals surface area contributed by atoms with E-state index in [-0.39, 0.29) is 17.4 Å². The fourth-order valence-corrected chi connectivity index (χ4v) is 5.06. The number of hydrogen-bond donors (Lipinski definition) is 1. The number of amides is 2. The van der Waals surface area contributed by atoms with Crippen molar-refractivity contribution in [2.75, 3.05) is 26.2 Å². The minimum absolute atomic E-state index is 0.0417. The van der Waals surface area contributed by atoms with Crippen LogP contribution < -0.4 is 5.32 Å². The lowest BCUT2D eigenvalue weighted by atomic mass is 9.79. The maximum Gasteiger partial charge on any atom is 0.251 e. The zero-order valence-corrected chi connectivity index (χ0v) is 16.6. The van der Waals surface area contributed by atoms with E-state index in [9.17, 15) is 9.59 Å². The SMILES string of the molecule is O=C(NCC1CCOC2(CCN(C(=O)C3CCCC3)CC2)C1)c1ccncc1. The summed E-state index contributed by atoms with van der Waals surface area (Å²) >= 11 is 0. The molecule has 1 saturated carbocycles. The van der Waals surface area contributed by atoms with Crippen molar-refractivity contribution < 1.29 is 14.3 Å². The topological polar surface area (TPSA) is 71.5 Å². The summed E-state index contributed by atoms with van der Waals surface area (Å²) in [5, 5.41) is 3.07. The number of nitrogens with one attached hydrogen (secondary N) is 1. The van der Waals surface area contributed by atoms with Crippen LogP contribution in [0.2, 0.25) is 0 Å². The smallest absolute Gasteiger partial charge is 0.251 e. The van der Waals surface area contributed by atoms with E-state index < -0.39 is 0 Å². The van der Waals surface area contributed by atoms with Gasteiger partial charge in [-0.05, 0) is 56.6 Å². The van der Waals surface area contributed by atoms with E-state index in [0.717, 1.165) is 58.2 Å². The summed E-state index contributed by atoms with van der Waals surface area (Å²) in [5.74, 6) is 1.01. The van der Waals surface area contributed by atoms with Crippen molar-refractivity contribution in [3.8, 4) is 0 Å². The predicted octanol–water partition coefficient (Wildman–Crippen LogP) is 2.79. The number of pyridine rings is 1. The zero-order valence-electron chi connectivity index (χ0n) is 16.6. The van der Waals surface area contributed by atoms with Gasteiger partial charge in [-0.3, -0.25) is 14.6 Å². The summed E-state index contributed by atoms with van der Waals surface area (Å²) in [5.41, 5.74) is 0.534. The first kappa shape index (κ1) is 19.4. The third kappa shape index (κ3) is 4.37. The molecule has 1 atom stereocenters. The number of ether oxygens (including phenoxy) is 1. The number of rotatable bonds is 4. The Morgan fingerprint density at radius 1 is 1.14 bits per heavy atom. The molecule has 1 unspecified atom stereocenters. The lowest BCUT2D eigenvalue weighted by molar-refractivity contribution is -0.150. The van der Waals surface area contributed by atoms with Gasteiger partial charge in [-0.1, -0.05) is 12.8 Å². The fraction of sp³-hybridized carbons (Fsp3) is 0.682. The number of nitrogens with zero attached hydrogens (tertiary/aromatic N) is 2. The van der Waals surface area contributed by atoms with Crippen LogP contribution in [0.5, 0.6) is 0 Å². The van der Waals surface area contributed by atoms with Crippen LogP contribution in [0.15, 0.2) is 24.5 Å². The molecule has 0 bridgehead atoms. The third-order valence-electron chi connectivity index (χ3n) is 6.78. The molecule has 0 aromatic carbocycles. The van der Waals surface area contributed by atoms with Gasteiger partial charge in [0.1, 0.15) is 0 Å². The molecule has 4 rings (SSSR count). The van der Waals surface area contributed by atoms with E-state index in [0.29, 0.717) is 23.9 Å². The number of carbonyl (C=O) groups is 2. The van der Waals surface area contributed by atoms with Crippen molar-refractivity contribution in [2.24, 2.45) is 11.8 Å². The highest BCUT2D eigenvalue weighted by Gasteiger charge is 2.42. The molecule has 6 heteroatoms. The minimum Gasteiger partial charge on any atom is -0.375 e. The summed E-state index contributed by atoms with van der Waals surface area (Å²) in [6.45, 7) is 3.04. The average molecular weight is 386 g/mol. The second-order valence-corrected chi connectivity index (χ2v) is 8.64. The average Bonchev–Trinajstić information content (AvgIpc) is 3.28. The number of piperidine rings is 1. The number of aromatic nitrogens is 1. The van der Waals surface area contributed by atoms with Crippen molar-refractivity contribution in [3.05, 3.63) is 30.1 Å². The molecule has 3 heterocycles. The second kappa shape index (κ2) is 8.60. The van der Waals surface area contributed by atoms with Gasteiger partial charge in [-0.25, -0.2) is 0 Å². The van der Waals surface area contributed by atoms with Crippen LogP contribution in [0.1, 0.15) is 61.7 Å². The molecule has 1 aromatic heterocycles. The molecule has 2 aliphatic heterocycles. The van der Waals surface area contributed by atoms with E-state index in [1.54, 1.807) is 24.5 Å². The number of hydrogen-bond acceptors (Lipinski definition) is 4. The van der Waals surface area contributed by atoms with Gasteiger partial charge in [0.05, 0.1) is 5.60 Å². The molecule has 1 aliphatic carbocycles. The Morgan fingerprint density at radius 2 is 1.86 bits per heavy atom. The highest BCUT2D eigenvalue weighted by atomic mass is 16.5. The van der Waals surface area contributed by atoms with Crippen LogP contribution in [-0.2, 0) is 9.53 Å². The van der Waals surface area contributed by atoms with Crippen molar-refractivity contribution >= 4 is 11.8 Å². The Labute approximate surface area is 167 Å². The Balaban J connectivity index is 1.27. The fourth-order valence-electron chi connectivity index (χ4n) is 5.06. The first-order valence-electron chi connectivity index (χ1n) is 10.8. The van der Waals surface area contributed by atoms with Crippen LogP contribution in [0.3, 0.4) is 0 Å². The highest BCUT2D eigenvalue weighted by Crippen LogP contribution is 2.38. The summed E-state index contributed by atoms with van der Waals surface area (Å²) in [7, 11) is 0. The predicted molar refractivity (Wildman–Crippen MR) is 106 cm³/mol. The summed E-state index contributed by atoms with van der Waals surface area (Å²) in [6, 6.07) is 3.47. The Bertz CT molecular complexity index is 680. The van der Waals surface area contributed by atoms with Gasteiger partial charge in [0, 0.05) is 50.1 Å². The molecular weight excluding hydrogens is 354 g/mol. The number of carbonyl (C=O) groups excluding carboxylic acids is 2. The van der Waals surface area contributed by atoms with Crippen LogP contribution in [0, 0.1) is 11.8 Å². The van der Waals surface area contributed by atoms with Crippen molar-refractivity contribution in [3.63, 3.8) is 0 Å². The molecule has 0 radical (unpaired) electrons. The van der Waals surface area contributed by atoms with Crippen LogP contribution >= 0.6 is 0 Å². The molecule has 3 fully saturated rings. The first-order valence-corrected chi connectivity index (χ1v) is 10.8. The second-order valence-electron chi connectivity index (χ2n) is 8.64. The lowest BCUT2D eigenvalue weighted by Crippen LogP contribution is -2.52. The summed E-state index contributed by atoms with van der Waals surface area (Å²) in [4.78, 5) is 31.0. The molecule has 28 heavy (non-hydrogen) atoms. The molecule has 2 amide bonds. The van der Waals surface area contributed by atoms with Gasteiger partial charge in [-0.15, -0.1) is 0 Å². The van der Waals surface area contributed by atoms with Crippen LogP contribution in [0.25, 0.3) is 0 Å². The van der Waals surface area contributed by atoms with E-state index in [2.05, 4.69) is 15.2 Å². The largest absolute Gasteiger partial charge is 0.375 e. The van der Waals surface area contributed by atoms with Gasteiger partial charge in [0.2, 0.25) is 5.91 Å². The van der Waals surface area contributed by atoms with Gasteiger partial charge < -0.3 is 15.0 Å². The first-order chi connectivity index (χ1) is 13.7. The maximum absolute atomic E-state index is 12.7. The van der Waals surface area contributed by atoms with Crippen LogP contribution in [-0.4, -0.2) is 53.5 Å². The van der Waals surface area contributed by atoms with Crippen molar-refractivity contribution in [1.29, 1.82) is 0 Å². The number of likely N-dealkylation sites (tertiary alicyclic amines) is 1. The highest BCUT2D eigenvalue weighted by molar-refractivity contribution is 5.93. The Morgan fingerprint density at radius 3 is 2.57 bits per heavy atom. The third-order valence-corrected chi connectivity index (χ3v) is 6.78. The van der Waals surface area contributed by atoms with E-state index in [1.165, 1.54) is 12.8 Å². The molecule has 3 aliphatic rings. The van der Waals surface area contributed by atoms with Crippen LogP contribution in [0.4, 0.5) is 0 Å². The van der Waals surface area contributed by atoms with Gasteiger partial charge in [0.25, 0.3) is 5.91 Å². The minimum atomic E-state index is -0.114. The lowest BCUT2D eigenvalue weighted by Gasteiger charge is -2.46. The molecule has 6 nitrogen and oxygen atoms in total. The van der Waals surface area contributed by atoms with Crippen molar-refractivity contribution in [2.45, 2.75) is 57.0 Å². The van der Waals surface area contributed by atoms with E-state index >= 15 is 0 Å². The molecule has 2 saturated heterocycles. The van der Waals surface area contributed by atoms with Gasteiger partial charge in [-0.2, -0.15) is 0 Å². The molecule has 1 aromatic rings. The Kier molecular flexibility index (Phi) is 5.95. The normalized spacial score (nSPS) is 25.0. The van der Waals surface area contributed by atoms with E-state index in [1.807, 2.05) is 0 Å². The zero-order chi connectivity index (χ0) is 19.4. The summed E-state index contributed by atoms with van der Waals surface area (Å²) < 4.78 is 6.22. The monoisotopic (exact) mass is 385 g/mol. The Hall–Kier alpha value is -1.95. The molecule has 1 N–H and O–H groups in total. The summed E-state index contributed by atoms with van der Waals surface area (Å²) in [6.07, 6.45) is 11.6. The molecule has 152 valence electrons. The maximum atomic E-state index is 12.7. The van der Waals surface area contributed by atoms with E-state index in [4.69, 9.17) is 4.74 Å². The van der Waals surface area contributed by atoms with Crippen molar-refractivity contribution in [1.82, 2.24) is 15.2 Å². The van der Waals surface area contributed by atoms with Gasteiger partial charge in [0.15, 0.2) is 0 Å².